The number of nitrogens with two attached hydrogens (primary N) is 1. The first-order valence-corrected chi connectivity index (χ1v) is 14.1. The van der Waals surface area contributed by atoms with Crippen LogP contribution >= 0.6 is 23.5 Å². The van der Waals surface area contributed by atoms with Crippen molar-refractivity contribution >= 4 is 45.5 Å². The number of amides is 2. The van der Waals surface area contributed by atoms with Crippen molar-refractivity contribution in [1.29, 1.82) is 0 Å². The fraction of sp³-hybridized carbons (Fsp3) is 0.778. The van der Waals surface area contributed by atoms with E-state index in [1.807, 2.05) is 0 Å². The van der Waals surface area contributed by atoms with Crippen molar-refractivity contribution in [2.75, 3.05) is 6.61 Å². The lowest BCUT2D eigenvalue weighted by Gasteiger charge is -2.34. The number of aliphatic hydroxyl groups excluding tert-OH is 1. The molecule has 32 heavy (non-hydrogen) atoms. The monoisotopic (exact) mass is 549 g/mol. The number of urea groups is 1. The maximum atomic E-state index is 12.1. The third kappa shape index (κ3) is 7.61. The van der Waals surface area contributed by atoms with Crippen LogP contribution < -0.4 is 5.73 Å². The molecule has 2 amide bonds. The number of carbonyl (C=O) groups excluding carboxylic acids is 1. The molecule has 186 valence electrons. The van der Waals surface area contributed by atoms with Crippen LogP contribution in [0, 0.1) is 0 Å². The second kappa shape index (κ2) is 9.44. The number of ether oxygens (including phenoxy) is 1. The molecule has 2 aliphatic heterocycles. The standard InChI is InChI=1S/C9H18N3O16P3S/c10-6-2-8(32(22,23)24)12(9(14)11-6)7-1-4(13)5(26-7)3-25-30(18,19)28-31(20,21)27-29(15,16)17/h4-5,7-8,13H,1-3H2,(H,18,19)(H,20,21)(H2,10,11,14)(H2,15,16,17)(H,22,23,24). The molecular formula is C9H18N3O16P3S. The lowest BCUT2D eigenvalue weighted by molar-refractivity contribution is -0.0662. The molecule has 1 fully saturated rings. The van der Waals surface area contributed by atoms with Crippen LogP contribution in [0.1, 0.15) is 12.8 Å². The van der Waals surface area contributed by atoms with Gasteiger partial charge in [0, 0.05) is 12.8 Å². The Morgan fingerprint density at radius 2 is 1.75 bits per heavy atom. The molecule has 0 spiro atoms. The van der Waals surface area contributed by atoms with Gasteiger partial charge in [0.1, 0.15) is 18.2 Å². The fourth-order valence-corrected chi connectivity index (χ4v) is 6.62. The van der Waals surface area contributed by atoms with E-state index in [-0.39, 0.29) is 0 Å². The quantitative estimate of drug-likeness (QED) is 0.123. The number of carbonyl (C=O) groups is 1. The maximum Gasteiger partial charge on any atom is 0.490 e. The van der Waals surface area contributed by atoms with Crippen LogP contribution in [0.25, 0.3) is 0 Å². The van der Waals surface area contributed by atoms with E-state index >= 15 is 0 Å². The van der Waals surface area contributed by atoms with Crippen LogP contribution in [-0.4, -0.2) is 84.8 Å². The van der Waals surface area contributed by atoms with E-state index in [1.165, 1.54) is 0 Å². The number of hydrogen-bond acceptors (Lipinski definition) is 12. The topological polar surface area (TPSA) is 302 Å². The van der Waals surface area contributed by atoms with Crippen molar-refractivity contribution < 1.29 is 74.0 Å². The zero-order valence-corrected chi connectivity index (χ0v) is 18.9. The summed E-state index contributed by atoms with van der Waals surface area (Å²) in [5.41, 5.74) is 5.35. The van der Waals surface area contributed by atoms with Gasteiger partial charge in [-0.15, -0.1) is 0 Å². The average molecular weight is 549 g/mol. The normalized spacial score (nSPS) is 31.1. The summed E-state index contributed by atoms with van der Waals surface area (Å²) in [5, 5.41) is 8.14. The van der Waals surface area contributed by atoms with E-state index in [0.717, 1.165) is 0 Å². The molecule has 2 aliphatic rings. The number of hydrogen-bond donors (Lipinski definition) is 7. The van der Waals surface area contributed by atoms with E-state index in [0.29, 0.717) is 4.90 Å². The Labute approximate surface area is 179 Å². The van der Waals surface area contributed by atoms with E-state index in [1.54, 1.807) is 0 Å². The van der Waals surface area contributed by atoms with Gasteiger partial charge in [-0.3, -0.25) is 14.0 Å². The smallest absolute Gasteiger partial charge is 0.390 e. The third-order valence-electron chi connectivity index (χ3n) is 3.83. The lowest BCUT2D eigenvalue weighted by Crippen LogP contribution is -2.54. The summed E-state index contributed by atoms with van der Waals surface area (Å²) in [7, 11) is -21.8. The van der Waals surface area contributed by atoms with E-state index in [2.05, 4.69) is 18.1 Å². The van der Waals surface area contributed by atoms with Gasteiger partial charge >= 0.3 is 29.5 Å². The number of amidine groups is 1. The van der Waals surface area contributed by atoms with Gasteiger partial charge in [0.15, 0.2) is 5.37 Å². The number of aliphatic hydroxyl groups is 1. The summed E-state index contributed by atoms with van der Waals surface area (Å²) in [6.07, 6.45) is -5.66. The first kappa shape index (κ1) is 27.4. The average Bonchev–Trinajstić information content (AvgIpc) is 2.88. The summed E-state index contributed by atoms with van der Waals surface area (Å²) in [6.45, 7) is -1.05. The highest BCUT2D eigenvalue weighted by molar-refractivity contribution is 7.86. The fourth-order valence-electron chi connectivity index (χ4n) is 2.69. The molecule has 19 nitrogen and oxygen atoms in total. The van der Waals surface area contributed by atoms with Crippen molar-refractivity contribution in [3.05, 3.63) is 0 Å². The van der Waals surface area contributed by atoms with Crippen molar-refractivity contribution in [3.8, 4) is 0 Å². The molecule has 0 saturated carbocycles. The van der Waals surface area contributed by atoms with Gasteiger partial charge < -0.3 is 35.2 Å². The Kier molecular flexibility index (Phi) is 8.09. The minimum Gasteiger partial charge on any atom is -0.390 e. The third-order valence-corrected chi connectivity index (χ3v) is 8.71. The predicted octanol–water partition coefficient (Wildman–Crippen LogP) is -1.80. The van der Waals surface area contributed by atoms with Gasteiger partial charge in [-0.25, -0.2) is 18.5 Å². The molecule has 0 aromatic carbocycles. The van der Waals surface area contributed by atoms with E-state index in [9.17, 15) is 41.5 Å². The lowest BCUT2D eigenvalue weighted by atomic mass is 10.2. The molecule has 1 saturated heterocycles. The van der Waals surface area contributed by atoms with E-state index in [4.69, 9.17) is 25.2 Å². The molecular weight excluding hydrogens is 531 g/mol. The summed E-state index contributed by atoms with van der Waals surface area (Å²) in [4.78, 5) is 51.3. The highest BCUT2D eigenvalue weighted by atomic mass is 32.2. The first-order chi connectivity index (χ1) is 14.3. The van der Waals surface area contributed by atoms with Gasteiger partial charge in [-0.2, -0.15) is 22.0 Å². The largest absolute Gasteiger partial charge is 0.490 e. The second-order valence-corrected chi connectivity index (χ2v) is 12.3. The van der Waals surface area contributed by atoms with Crippen molar-refractivity contribution in [2.24, 2.45) is 10.7 Å². The Hall–Kier alpha value is -0.820. The molecule has 8 N–H and O–H groups in total. The minimum absolute atomic E-state index is 0.392. The molecule has 0 aromatic rings. The van der Waals surface area contributed by atoms with Gasteiger partial charge in [0.2, 0.25) is 0 Å². The van der Waals surface area contributed by atoms with Crippen LogP contribution in [0.4, 0.5) is 4.79 Å². The summed E-state index contributed by atoms with van der Waals surface area (Å²) in [6, 6.07) is -1.22. The molecule has 2 heterocycles. The summed E-state index contributed by atoms with van der Waals surface area (Å²) >= 11 is 0. The zero-order valence-electron chi connectivity index (χ0n) is 15.4. The summed E-state index contributed by atoms with van der Waals surface area (Å²) < 4.78 is 82.7. The molecule has 0 bridgehead atoms. The van der Waals surface area contributed by atoms with Crippen molar-refractivity contribution in [3.63, 3.8) is 0 Å². The Morgan fingerprint density at radius 3 is 2.28 bits per heavy atom. The molecule has 0 aromatic heterocycles. The molecule has 23 heteroatoms. The Bertz CT molecular complexity index is 1030. The molecule has 0 aliphatic carbocycles. The highest BCUT2D eigenvalue weighted by Gasteiger charge is 2.48. The number of phosphoric acid groups is 3. The SMILES string of the molecule is NC1=NC(=O)N(C2CC(O)C(COP(=O)(O)OP(=O)(O)OP(=O)(O)O)O2)C(S(=O)(=O)O)C1. The van der Waals surface area contributed by atoms with Crippen LogP contribution in [0.5, 0.6) is 0 Å². The van der Waals surface area contributed by atoms with Crippen LogP contribution in [-0.2, 0) is 41.7 Å². The summed E-state index contributed by atoms with van der Waals surface area (Å²) in [5.74, 6) is -0.392. The number of phosphoric ester groups is 1. The van der Waals surface area contributed by atoms with Gasteiger partial charge in [-0.1, -0.05) is 0 Å². The number of nitrogens with zero attached hydrogens (tertiary/aromatic N) is 2. The number of aliphatic imine (C=N–C) groups is 1. The van der Waals surface area contributed by atoms with Gasteiger partial charge in [0.25, 0.3) is 10.1 Å². The molecule has 0 radical (unpaired) electrons. The van der Waals surface area contributed by atoms with Crippen molar-refractivity contribution in [1.82, 2.24) is 4.90 Å². The molecule has 2 rings (SSSR count). The Balaban J connectivity index is 2.07. The van der Waals surface area contributed by atoms with Crippen LogP contribution in [0.2, 0.25) is 0 Å². The van der Waals surface area contributed by atoms with Crippen LogP contribution in [0.15, 0.2) is 4.99 Å². The molecule has 6 atom stereocenters. The maximum absolute atomic E-state index is 12.1. The Morgan fingerprint density at radius 1 is 1.16 bits per heavy atom. The predicted molar refractivity (Wildman–Crippen MR) is 97.9 cm³/mol. The van der Waals surface area contributed by atoms with Crippen LogP contribution in [0.3, 0.4) is 0 Å². The number of rotatable bonds is 9. The molecule has 6 unspecified atom stereocenters. The van der Waals surface area contributed by atoms with E-state index < -0.39 is 88.7 Å². The second-order valence-electron chi connectivity index (χ2n) is 6.29. The van der Waals surface area contributed by atoms with Gasteiger partial charge in [0.05, 0.1) is 12.7 Å². The zero-order chi connectivity index (χ0) is 24.7. The first-order valence-electron chi connectivity index (χ1n) is 8.03. The van der Waals surface area contributed by atoms with Crippen molar-refractivity contribution in [2.45, 2.75) is 36.7 Å². The van der Waals surface area contributed by atoms with Gasteiger partial charge in [-0.05, 0) is 0 Å². The minimum atomic E-state index is -5.77. The highest BCUT2D eigenvalue weighted by Crippen LogP contribution is 2.66.